The Morgan fingerprint density at radius 3 is 2.69 bits per heavy atom. The second-order valence-corrected chi connectivity index (χ2v) is 9.81. The third kappa shape index (κ3) is 4.61. The number of fused-ring (bicyclic) bond motifs is 2. The number of aromatic amines is 2. The maximum atomic E-state index is 13.9. The summed E-state index contributed by atoms with van der Waals surface area (Å²) in [6.07, 6.45) is 9.63. The summed E-state index contributed by atoms with van der Waals surface area (Å²) in [4.78, 5) is 19.4. The van der Waals surface area contributed by atoms with Gasteiger partial charge in [0.25, 0.3) is 0 Å². The van der Waals surface area contributed by atoms with E-state index in [0.29, 0.717) is 17.9 Å². The van der Waals surface area contributed by atoms with Crippen molar-refractivity contribution >= 4 is 21.9 Å². The van der Waals surface area contributed by atoms with Crippen molar-refractivity contribution in [1.82, 2.24) is 35.0 Å². The molecule has 0 radical (unpaired) electrons. The van der Waals surface area contributed by atoms with Crippen LogP contribution in [0.25, 0.3) is 55.7 Å². The minimum Gasteiger partial charge on any atom is -0.491 e. The van der Waals surface area contributed by atoms with Crippen molar-refractivity contribution in [2.24, 2.45) is 0 Å². The van der Waals surface area contributed by atoms with Gasteiger partial charge in [-0.3, -0.25) is 20.0 Å². The van der Waals surface area contributed by atoms with Gasteiger partial charge in [0.1, 0.15) is 18.2 Å². The van der Waals surface area contributed by atoms with E-state index in [-0.39, 0.29) is 5.82 Å². The average Bonchev–Trinajstić information content (AvgIpc) is 3.72. The molecule has 0 saturated carbocycles. The lowest BCUT2D eigenvalue weighted by Crippen LogP contribution is -2.25. The number of hydrogen-bond acceptors (Lipinski definition) is 6. The number of H-pyrrole nitrogens is 2. The number of nitrogens with one attached hydrogen (secondary N) is 2. The molecule has 8 nitrogen and oxygen atoms in total. The van der Waals surface area contributed by atoms with Gasteiger partial charge in [-0.05, 0) is 62.3 Å². The fourth-order valence-electron chi connectivity index (χ4n) is 5.27. The fraction of sp³-hybridized carbons (Fsp3) is 0.200. The fourth-order valence-corrected chi connectivity index (χ4v) is 5.27. The lowest BCUT2D eigenvalue weighted by atomic mass is 10.1. The van der Waals surface area contributed by atoms with Crippen LogP contribution in [0.1, 0.15) is 12.8 Å². The van der Waals surface area contributed by atoms with Crippen LogP contribution >= 0.6 is 0 Å². The maximum Gasteiger partial charge on any atom is 0.181 e. The highest BCUT2D eigenvalue weighted by Crippen LogP contribution is 2.34. The number of likely N-dealkylation sites (tertiary alicyclic amines) is 1. The Hall–Kier alpha value is -4.63. The van der Waals surface area contributed by atoms with Gasteiger partial charge in [-0.1, -0.05) is 12.1 Å². The van der Waals surface area contributed by atoms with Gasteiger partial charge in [0, 0.05) is 58.1 Å². The lowest BCUT2D eigenvalue weighted by Gasteiger charge is -2.15. The molecule has 1 aromatic carbocycles. The number of aromatic nitrogens is 6. The molecule has 5 aromatic heterocycles. The summed E-state index contributed by atoms with van der Waals surface area (Å²) in [7, 11) is 0. The molecule has 0 aliphatic carbocycles. The van der Waals surface area contributed by atoms with Crippen LogP contribution in [-0.4, -0.2) is 61.3 Å². The Balaban J connectivity index is 1.20. The predicted octanol–water partition coefficient (Wildman–Crippen LogP) is 5.84. The summed E-state index contributed by atoms with van der Waals surface area (Å²) in [6.45, 7) is 3.87. The topological polar surface area (TPSA) is 95.6 Å². The molecule has 1 fully saturated rings. The van der Waals surface area contributed by atoms with Crippen molar-refractivity contribution in [2.45, 2.75) is 12.8 Å². The van der Waals surface area contributed by atoms with Crippen LogP contribution in [0, 0.1) is 5.82 Å². The average molecular weight is 520 g/mol. The summed E-state index contributed by atoms with van der Waals surface area (Å²) >= 11 is 0. The number of halogens is 1. The van der Waals surface area contributed by atoms with Gasteiger partial charge in [0.2, 0.25) is 0 Å². The van der Waals surface area contributed by atoms with E-state index >= 15 is 0 Å². The first-order chi connectivity index (χ1) is 19.2. The number of ether oxygens (including phenoxy) is 1. The van der Waals surface area contributed by atoms with Crippen molar-refractivity contribution in [3.05, 3.63) is 79.1 Å². The number of nitrogens with zero attached hydrogens (tertiary/aromatic N) is 5. The van der Waals surface area contributed by atoms with Crippen LogP contribution in [0.2, 0.25) is 0 Å². The first-order valence-corrected chi connectivity index (χ1v) is 13.1. The van der Waals surface area contributed by atoms with Crippen LogP contribution in [0.3, 0.4) is 0 Å². The van der Waals surface area contributed by atoms with Crippen LogP contribution in [0.15, 0.2) is 73.3 Å². The molecule has 1 aliphatic heterocycles. The van der Waals surface area contributed by atoms with Crippen LogP contribution in [0.5, 0.6) is 5.75 Å². The molecule has 0 spiro atoms. The molecule has 194 valence electrons. The maximum absolute atomic E-state index is 13.9. The Morgan fingerprint density at radius 1 is 0.897 bits per heavy atom. The molecule has 1 saturated heterocycles. The number of pyridine rings is 3. The van der Waals surface area contributed by atoms with E-state index in [2.05, 4.69) is 41.1 Å². The minimum absolute atomic E-state index is 0.296. The van der Waals surface area contributed by atoms with Crippen molar-refractivity contribution in [2.75, 3.05) is 26.2 Å². The monoisotopic (exact) mass is 519 g/mol. The Morgan fingerprint density at radius 2 is 1.79 bits per heavy atom. The third-order valence-corrected chi connectivity index (χ3v) is 7.25. The summed E-state index contributed by atoms with van der Waals surface area (Å²) in [5.74, 6) is 0.447. The van der Waals surface area contributed by atoms with Gasteiger partial charge >= 0.3 is 0 Å². The highest BCUT2D eigenvalue weighted by Gasteiger charge is 2.16. The van der Waals surface area contributed by atoms with Crippen molar-refractivity contribution < 1.29 is 9.13 Å². The smallest absolute Gasteiger partial charge is 0.181 e. The van der Waals surface area contributed by atoms with Gasteiger partial charge in [-0.15, -0.1) is 0 Å². The van der Waals surface area contributed by atoms with E-state index in [4.69, 9.17) is 4.74 Å². The zero-order valence-corrected chi connectivity index (χ0v) is 21.2. The van der Waals surface area contributed by atoms with Crippen molar-refractivity contribution in [3.63, 3.8) is 0 Å². The first kappa shape index (κ1) is 23.5. The molecule has 2 N–H and O–H groups in total. The number of benzene rings is 1. The summed E-state index contributed by atoms with van der Waals surface area (Å²) in [5, 5.41) is 9.33. The zero-order valence-electron chi connectivity index (χ0n) is 21.2. The molecular formula is C30H26FN7O. The van der Waals surface area contributed by atoms with Crippen LogP contribution in [-0.2, 0) is 0 Å². The van der Waals surface area contributed by atoms with Gasteiger partial charge < -0.3 is 9.72 Å². The standard InChI is InChI=1S/C30H26FN7O/c31-22-5-3-4-19(12-22)28-24-15-27(35-26(24)6-7-33-28)29-25-14-21(17-34-30(25)37-36-29)20-13-23(18-32-16-20)39-11-10-38-8-1-2-9-38/h3-7,12-18,35H,1-2,8-11H2,(H,34,36,37). The quantitative estimate of drug-likeness (QED) is 0.275. The third-order valence-electron chi connectivity index (χ3n) is 7.25. The number of hydrogen-bond donors (Lipinski definition) is 2. The molecule has 0 bridgehead atoms. The van der Waals surface area contributed by atoms with Crippen LogP contribution < -0.4 is 4.74 Å². The summed E-state index contributed by atoms with van der Waals surface area (Å²) in [5.41, 5.74) is 6.44. The minimum atomic E-state index is -0.296. The molecule has 6 aromatic rings. The largest absolute Gasteiger partial charge is 0.491 e. The molecular weight excluding hydrogens is 493 g/mol. The van der Waals surface area contributed by atoms with Crippen molar-refractivity contribution in [3.8, 4) is 39.5 Å². The Kier molecular flexibility index (Phi) is 5.97. The molecule has 6 heterocycles. The normalized spacial score (nSPS) is 14.0. The van der Waals surface area contributed by atoms with Gasteiger partial charge in [-0.2, -0.15) is 5.10 Å². The first-order valence-electron chi connectivity index (χ1n) is 13.1. The Bertz CT molecular complexity index is 1790. The predicted molar refractivity (Wildman–Crippen MR) is 149 cm³/mol. The zero-order chi connectivity index (χ0) is 26.2. The van der Waals surface area contributed by atoms with E-state index < -0.39 is 0 Å². The molecule has 9 heteroatoms. The number of rotatable bonds is 7. The molecule has 39 heavy (non-hydrogen) atoms. The lowest BCUT2D eigenvalue weighted by molar-refractivity contribution is 0.237. The van der Waals surface area contributed by atoms with Gasteiger partial charge in [-0.25, -0.2) is 9.37 Å². The second kappa shape index (κ2) is 9.92. The molecule has 7 rings (SSSR count). The Labute approximate surface area is 223 Å². The highest BCUT2D eigenvalue weighted by atomic mass is 19.1. The SMILES string of the molecule is Fc1cccc(-c2nccc3[nH]c(-c4[nH]nc5ncc(-c6cncc(OCCN7CCCC7)c6)cc45)cc23)c1. The molecule has 0 unspecified atom stereocenters. The summed E-state index contributed by atoms with van der Waals surface area (Å²) in [6, 6.07) is 14.5. The van der Waals surface area contributed by atoms with E-state index in [9.17, 15) is 4.39 Å². The molecule has 0 amide bonds. The summed E-state index contributed by atoms with van der Waals surface area (Å²) < 4.78 is 19.9. The van der Waals surface area contributed by atoms with E-state index in [1.165, 1.54) is 25.0 Å². The van der Waals surface area contributed by atoms with Gasteiger partial charge in [0.15, 0.2) is 5.65 Å². The second-order valence-electron chi connectivity index (χ2n) is 9.81. The van der Waals surface area contributed by atoms with E-state index in [1.54, 1.807) is 24.7 Å². The molecule has 0 atom stereocenters. The molecule has 1 aliphatic rings. The highest BCUT2D eigenvalue weighted by molar-refractivity contribution is 6.00. The van der Waals surface area contributed by atoms with E-state index in [0.717, 1.165) is 69.8 Å². The van der Waals surface area contributed by atoms with Gasteiger partial charge in [0.05, 0.1) is 23.3 Å². The van der Waals surface area contributed by atoms with Crippen molar-refractivity contribution in [1.29, 1.82) is 0 Å². The van der Waals surface area contributed by atoms with E-state index in [1.807, 2.05) is 30.5 Å². The van der Waals surface area contributed by atoms with Crippen LogP contribution in [0.4, 0.5) is 4.39 Å².